The molecule has 1 aromatic carbocycles. The zero-order valence-corrected chi connectivity index (χ0v) is 17.6. The monoisotopic (exact) mass is 402 g/mol. The van der Waals surface area contributed by atoms with Crippen LogP contribution >= 0.6 is 0 Å². The molecule has 0 amide bonds. The Labute approximate surface area is 176 Å². The van der Waals surface area contributed by atoms with Crippen molar-refractivity contribution in [3.63, 3.8) is 0 Å². The first kappa shape index (κ1) is 19.9. The Morgan fingerprint density at radius 3 is 2.47 bits per heavy atom. The van der Waals surface area contributed by atoms with E-state index in [-0.39, 0.29) is 11.6 Å². The number of nitrogens with zero attached hydrogens (tertiary/aromatic N) is 5. The number of likely N-dealkylation sites (N-methyl/N-ethyl adjacent to an activating group) is 1. The van der Waals surface area contributed by atoms with Gasteiger partial charge < -0.3 is 15.1 Å². The second-order valence-electron chi connectivity index (χ2n) is 7.90. The molecule has 1 saturated heterocycles. The highest BCUT2D eigenvalue weighted by atomic mass is 16.1. The highest BCUT2D eigenvalue weighted by molar-refractivity contribution is 5.82. The third-order valence-corrected chi connectivity index (χ3v) is 5.46. The molecule has 1 aliphatic rings. The number of rotatable bonds is 4. The molecule has 3 heterocycles. The number of hydrogen-bond donors (Lipinski definition) is 1. The van der Waals surface area contributed by atoms with Crippen molar-refractivity contribution in [1.82, 2.24) is 19.4 Å². The van der Waals surface area contributed by atoms with Crippen LogP contribution in [0.3, 0.4) is 0 Å². The van der Waals surface area contributed by atoms with E-state index in [9.17, 15) is 4.79 Å². The van der Waals surface area contributed by atoms with Gasteiger partial charge in [0.15, 0.2) is 0 Å². The number of terminal acetylenes is 1. The van der Waals surface area contributed by atoms with Crippen molar-refractivity contribution in [3.05, 3.63) is 52.4 Å². The topological polar surface area (TPSA) is 66.3 Å². The molecule has 1 fully saturated rings. The van der Waals surface area contributed by atoms with Crippen LogP contribution in [-0.4, -0.2) is 52.7 Å². The van der Waals surface area contributed by atoms with Gasteiger partial charge in [-0.2, -0.15) is 4.98 Å². The summed E-state index contributed by atoms with van der Waals surface area (Å²) in [6.45, 7) is 8.10. The molecule has 0 bridgehead atoms. The van der Waals surface area contributed by atoms with E-state index in [0.717, 1.165) is 31.9 Å². The van der Waals surface area contributed by atoms with E-state index >= 15 is 0 Å². The number of pyridine rings is 1. The van der Waals surface area contributed by atoms with Crippen molar-refractivity contribution in [2.45, 2.75) is 19.9 Å². The number of piperazine rings is 1. The zero-order chi connectivity index (χ0) is 21.3. The van der Waals surface area contributed by atoms with Crippen molar-refractivity contribution >= 4 is 28.4 Å². The summed E-state index contributed by atoms with van der Waals surface area (Å²) >= 11 is 0. The molecule has 0 saturated carbocycles. The van der Waals surface area contributed by atoms with E-state index in [0.29, 0.717) is 22.5 Å². The van der Waals surface area contributed by atoms with Crippen LogP contribution in [0.5, 0.6) is 0 Å². The van der Waals surface area contributed by atoms with Crippen LogP contribution in [0.1, 0.15) is 25.5 Å². The third kappa shape index (κ3) is 3.87. The Morgan fingerprint density at radius 1 is 1.13 bits per heavy atom. The summed E-state index contributed by atoms with van der Waals surface area (Å²) in [5.41, 5.74) is 2.98. The molecule has 0 atom stereocenters. The lowest BCUT2D eigenvalue weighted by Crippen LogP contribution is -2.44. The lowest BCUT2D eigenvalue weighted by Gasteiger charge is -2.34. The molecule has 1 aliphatic heterocycles. The largest absolute Gasteiger partial charge is 0.369 e. The zero-order valence-electron chi connectivity index (χ0n) is 17.6. The molecule has 3 aromatic rings. The Morgan fingerprint density at radius 2 is 1.83 bits per heavy atom. The molecule has 0 unspecified atom stereocenters. The van der Waals surface area contributed by atoms with Crippen LogP contribution < -0.4 is 15.8 Å². The van der Waals surface area contributed by atoms with E-state index < -0.39 is 0 Å². The van der Waals surface area contributed by atoms with E-state index in [2.05, 4.69) is 50.2 Å². The van der Waals surface area contributed by atoms with Gasteiger partial charge in [-0.15, -0.1) is 6.42 Å². The van der Waals surface area contributed by atoms with Gasteiger partial charge in [0.2, 0.25) is 5.95 Å². The molecular formula is C23H26N6O. The summed E-state index contributed by atoms with van der Waals surface area (Å²) in [5, 5.41) is 3.94. The maximum absolute atomic E-state index is 12.5. The van der Waals surface area contributed by atoms with Crippen molar-refractivity contribution in [2.75, 3.05) is 43.4 Å². The summed E-state index contributed by atoms with van der Waals surface area (Å²) in [6, 6.07) is 9.68. The average Bonchev–Trinajstić information content (AvgIpc) is 2.74. The van der Waals surface area contributed by atoms with Gasteiger partial charge in [0, 0.05) is 61.4 Å². The van der Waals surface area contributed by atoms with Gasteiger partial charge in [0.25, 0.3) is 5.56 Å². The number of fused-ring (bicyclic) bond motifs is 1. The van der Waals surface area contributed by atoms with Crippen molar-refractivity contribution in [1.29, 1.82) is 0 Å². The molecule has 0 radical (unpaired) electrons. The summed E-state index contributed by atoms with van der Waals surface area (Å²) in [4.78, 5) is 26.3. The van der Waals surface area contributed by atoms with E-state index in [1.165, 1.54) is 11.8 Å². The third-order valence-electron chi connectivity index (χ3n) is 5.46. The van der Waals surface area contributed by atoms with Crippen LogP contribution in [-0.2, 0) is 0 Å². The molecule has 4 rings (SSSR count). The van der Waals surface area contributed by atoms with Crippen LogP contribution in [0.2, 0.25) is 0 Å². The molecule has 154 valence electrons. The Kier molecular flexibility index (Phi) is 5.42. The molecule has 7 heteroatoms. The van der Waals surface area contributed by atoms with E-state index in [4.69, 9.17) is 6.42 Å². The first-order valence-corrected chi connectivity index (χ1v) is 10.2. The van der Waals surface area contributed by atoms with Crippen LogP contribution in [0.25, 0.3) is 11.0 Å². The van der Waals surface area contributed by atoms with E-state index in [1.54, 1.807) is 10.8 Å². The van der Waals surface area contributed by atoms with Gasteiger partial charge in [-0.1, -0.05) is 5.92 Å². The standard InChI is InChI=1S/C23H26N6O/c1-5-17-14-21(30)29(16(2)3)22-20(17)15-24-23(26-22)25-18-6-8-19(9-7-18)28-12-10-27(4)11-13-28/h1,6-9,14-16H,10-13H2,2-4H3,(H,24,25,26). The number of hydrogen-bond acceptors (Lipinski definition) is 6. The van der Waals surface area contributed by atoms with Gasteiger partial charge >= 0.3 is 0 Å². The first-order chi connectivity index (χ1) is 14.5. The van der Waals surface area contributed by atoms with Gasteiger partial charge in [-0.25, -0.2) is 4.98 Å². The fourth-order valence-electron chi connectivity index (χ4n) is 3.75. The smallest absolute Gasteiger partial charge is 0.253 e. The Hall–Kier alpha value is -3.37. The molecule has 0 aliphatic carbocycles. The average molecular weight is 403 g/mol. The molecule has 2 aromatic heterocycles. The highest BCUT2D eigenvalue weighted by Gasteiger charge is 2.15. The molecule has 1 N–H and O–H groups in total. The van der Waals surface area contributed by atoms with Crippen molar-refractivity contribution < 1.29 is 0 Å². The molecular weight excluding hydrogens is 376 g/mol. The number of benzene rings is 1. The van der Waals surface area contributed by atoms with Crippen LogP contribution in [0.4, 0.5) is 17.3 Å². The second kappa shape index (κ2) is 8.17. The van der Waals surface area contributed by atoms with Crippen LogP contribution in [0, 0.1) is 12.3 Å². The lowest BCUT2D eigenvalue weighted by atomic mass is 10.2. The Balaban J connectivity index is 1.62. The summed E-state index contributed by atoms with van der Waals surface area (Å²) in [7, 11) is 2.15. The summed E-state index contributed by atoms with van der Waals surface area (Å²) in [6.07, 6.45) is 7.26. The molecule has 30 heavy (non-hydrogen) atoms. The fraction of sp³-hybridized carbons (Fsp3) is 0.348. The fourth-order valence-corrected chi connectivity index (χ4v) is 3.75. The minimum absolute atomic E-state index is 0.0440. The van der Waals surface area contributed by atoms with Crippen molar-refractivity contribution in [3.8, 4) is 12.3 Å². The minimum atomic E-state index is -0.161. The highest BCUT2D eigenvalue weighted by Crippen LogP contribution is 2.23. The number of nitrogens with one attached hydrogen (secondary N) is 1. The lowest BCUT2D eigenvalue weighted by molar-refractivity contribution is 0.313. The molecule has 0 spiro atoms. The van der Waals surface area contributed by atoms with E-state index in [1.807, 2.05) is 26.0 Å². The summed E-state index contributed by atoms with van der Waals surface area (Å²) in [5.74, 6) is 2.99. The van der Waals surface area contributed by atoms with Crippen molar-refractivity contribution in [2.24, 2.45) is 0 Å². The van der Waals surface area contributed by atoms with Gasteiger partial charge in [0.05, 0.1) is 5.39 Å². The Bertz CT molecular complexity index is 1150. The maximum Gasteiger partial charge on any atom is 0.253 e. The predicted molar refractivity (Wildman–Crippen MR) is 122 cm³/mol. The minimum Gasteiger partial charge on any atom is -0.369 e. The van der Waals surface area contributed by atoms with Gasteiger partial charge in [0.1, 0.15) is 5.65 Å². The quantitative estimate of drug-likeness (QED) is 0.677. The van der Waals surface area contributed by atoms with Crippen LogP contribution in [0.15, 0.2) is 41.3 Å². The first-order valence-electron chi connectivity index (χ1n) is 10.2. The van der Waals surface area contributed by atoms with Gasteiger partial charge in [-0.3, -0.25) is 9.36 Å². The van der Waals surface area contributed by atoms with Gasteiger partial charge in [-0.05, 0) is 45.2 Å². The molecule has 7 nitrogen and oxygen atoms in total. The second-order valence-corrected chi connectivity index (χ2v) is 7.90. The number of anilines is 3. The number of aromatic nitrogens is 3. The predicted octanol–water partition coefficient (Wildman–Crippen LogP) is 2.85. The maximum atomic E-state index is 12.5. The normalized spacial score (nSPS) is 14.8. The summed E-state index contributed by atoms with van der Waals surface area (Å²) < 4.78 is 1.64. The SMILES string of the molecule is C#Cc1cc(=O)n(C(C)C)c2nc(Nc3ccc(N4CCN(C)CC4)cc3)ncc12.